The van der Waals surface area contributed by atoms with Crippen molar-refractivity contribution in [3.05, 3.63) is 10.4 Å². The van der Waals surface area contributed by atoms with Crippen LogP contribution in [0.1, 0.15) is 41.0 Å². The van der Waals surface area contributed by atoms with Crippen molar-refractivity contribution in [1.29, 1.82) is 0 Å². The second-order valence-corrected chi connectivity index (χ2v) is 4.81. The van der Waals surface area contributed by atoms with E-state index in [1.807, 2.05) is 20.8 Å². The van der Waals surface area contributed by atoms with Gasteiger partial charge in [-0.1, -0.05) is 13.8 Å². The molecule has 0 aliphatic heterocycles. The molecular formula is C9H20N3O2-. The van der Waals surface area contributed by atoms with Gasteiger partial charge in [-0.15, -0.1) is 5.01 Å². The van der Waals surface area contributed by atoms with E-state index in [1.54, 1.807) is 0 Å². The molecule has 0 radical (unpaired) electrons. The van der Waals surface area contributed by atoms with Crippen molar-refractivity contribution in [2.45, 2.75) is 46.6 Å². The first kappa shape index (κ1) is 13.0. The minimum absolute atomic E-state index is 0.141. The van der Waals surface area contributed by atoms with Gasteiger partial charge in [0.15, 0.2) is 0 Å². The van der Waals surface area contributed by atoms with E-state index in [9.17, 15) is 10.4 Å². The van der Waals surface area contributed by atoms with Crippen LogP contribution in [-0.4, -0.2) is 22.1 Å². The highest BCUT2D eigenvalue weighted by molar-refractivity contribution is 4.69. The fourth-order valence-corrected chi connectivity index (χ4v) is 1.10. The first-order chi connectivity index (χ1) is 6.29. The normalized spacial score (nSPS) is 13.4. The van der Waals surface area contributed by atoms with Gasteiger partial charge in [0, 0.05) is 4.97 Å². The van der Waals surface area contributed by atoms with Gasteiger partial charge in [-0.05, 0) is 38.4 Å². The Kier molecular flexibility index (Phi) is 4.67. The van der Waals surface area contributed by atoms with Gasteiger partial charge in [-0.2, -0.15) is 0 Å². The van der Waals surface area contributed by atoms with Gasteiger partial charge in [0.25, 0.3) is 0 Å². The van der Waals surface area contributed by atoms with Crippen LogP contribution in [0.5, 0.6) is 0 Å². The lowest BCUT2D eigenvalue weighted by Crippen LogP contribution is -2.46. The monoisotopic (exact) mass is 202 g/mol. The Hall–Kier alpha value is -1.00. The maximum Gasteiger partial charge on any atom is 0.0899 e. The zero-order valence-electron chi connectivity index (χ0n) is 9.65. The smallest absolute Gasteiger partial charge is 0.0899 e. The highest BCUT2D eigenvalue weighted by Crippen LogP contribution is 2.15. The van der Waals surface area contributed by atoms with Crippen molar-refractivity contribution in [1.82, 2.24) is 5.01 Å². The molecule has 0 rings (SSSR count). The quantitative estimate of drug-likeness (QED) is 0.399. The lowest BCUT2D eigenvalue weighted by atomic mass is 10.1. The molecule has 0 amide bonds. The summed E-state index contributed by atoms with van der Waals surface area (Å²) >= 11 is 0. The summed E-state index contributed by atoms with van der Waals surface area (Å²) in [4.78, 5) is 0.141. The van der Waals surface area contributed by atoms with E-state index in [4.69, 9.17) is 0 Å². The summed E-state index contributed by atoms with van der Waals surface area (Å²) in [6, 6.07) is 0. The standard InChI is InChI=1S/C9H21N3O2/c1-8(2)6-7-11(9(3,4)5)12(14)10-13/h8,13H,6-7H2,1-5H3/p-1/b12-10+. The number of nitrogens with zero attached hydrogens (tertiary/aromatic N) is 3. The fraction of sp³-hybridized carbons (Fsp3) is 1.00. The topological polar surface area (TPSA) is 64.7 Å². The molecule has 0 spiro atoms. The zero-order valence-corrected chi connectivity index (χ0v) is 9.65. The molecule has 0 heterocycles. The Bertz CT molecular complexity index is 197. The first-order valence-electron chi connectivity index (χ1n) is 4.87. The predicted octanol–water partition coefficient (Wildman–Crippen LogP) is 2.51. The van der Waals surface area contributed by atoms with E-state index in [0.29, 0.717) is 12.5 Å². The Morgan fingerprint density at radius 1 is 1.36 bits per heavy atom. The lowest BCUT2D eigenvalue weighted by molar-refractivity contribution is -0.706. The second-order valence-electron chi connectivity index (χ2n) is 4.81. The van der Waals surface area contributed by atoms with Gasteiger partial charge < -0.3 is 10.4 Å². The fourth-order valence-electron chi connectivity index (χ4n) is 1.10. The summed E-state index contributed by atoms with van der Waals surface area (Å²) in [6.07, 6.45) is 0.867. The van der Waals surface area contributed by atoms with Crippen LogP contribution in [0, 0.1) is 16.3 Å². The number of hydrogen-bond acceptors (Lipinski definition) is 3. The van der Waals surface area contributed by atoms with Gasteiger partial charge in [-0.3, -0.25) is 0 Å². The van der Waals surface area contributed by atoms with Gasteiger partial charge in [0.2, 0.25) is 0 Å². The first-order valence-corrected chi connectivity index (χ1v) is 4.87. The molecule has 0 fully saturated rings. The molecule has 0 aromatic rings. The number of hydrogen-bond donors (Lipinski definition) is 0. The van der Waals surface area contributed by atoms with Crippen molar-refractivity contribution in [2.24, 2.45) is 11.2 Å². The highest BCUT2D eigenvalue weighted by atomic mass is 16.6. The van der Waals surface area contributed by atoms with E-state index in [-0.39, 0.29) is 10.5 Å². The van der Waals surface area contributed by atoms with Crippen molar-refractivity contribution in [3.63, 3.8) is 0 Å². The van der Waals surface area contributed by atoms with Crippen LogP contribution >= 0.6 is 0 Å². The minimum atomic E-state index is -0.370. The van der Waals surface area contributed by atoms with E-state index in [0.717, 1.165) is 6.42 Å². The van der Waals surface area contributed by atoms with Crippen LogP contribution < -0.4 is 0 Å². The predicted molar refractivity (Wildman–Crippen MR) is 55.3 cm³/mol. The minimum Gasteiger partial charge on any atom is -0.737 e. The summed E-state index contributed by atoms with van der Waals surface area (Å²) in [5.74, 6) is 0.500. The maximum atomic E-state index is 11.1. The molecule has 0 unspecified atom stereocenters. The molecule has 5 nitrogen and oxygen atoms in total. The van der Waals surface area contributed by atoms with E-state index in [2.05, 4.69) is 19.1 Å². The Morgan fingerprint density at radius 2 is 1.86 bits per heavy atom. The van der Waals surface area contributed by atoms with Crippen molar-refractivity contribution in [2.75, 3.05) is 6.54 Å². The van der Waals surface area contributed by atoms with Crippen LogP contribution in [0.3, 0.4) is 0 Å². The molecule has 84 valence electrons. The van der Waals surface area contributed by atoms with Crippen LogP contribution in [-0.2, 0) is 0 Å². The van der Waals surface area contributed by atoms with E-state index >= 15 is 0 Å². The maximum absolute atomic E-state index is 11.1. The average molecular weight is 202 g/mol. The third kappa shape index (κ3) is 4.30. The van der Waals surface area contributed by atoms with Gasteiger partial charge in [-0.25, -0.2) is 0 Å². The van der Waals surface area contributed by atoms with Gasteiger partial charge in [0.05, 0.1) is 12.1 Å². The van der Waals surface area contributed by atoms with Crippen molar-refractivity contribution in [3.8, 4) is 0 Å². The molecule has 0 N–H and O–H groups in total. The third-order valence-electron chi connectivity index (χ3n) is 1.97. The van der Waals surface area contributed by atoms with E-state index in [1.165, 1.54) is 5.01 Å². The van der Waals surface area contributed by atoms with Gasteiger partial charge >= 0.3 is 0 Å². The molecule has 0 saturated heterocycles. The van der Waals surface area contributed by atoms with Crippen LogP contribution in [0.15, 0.2) is 5.28 Å². The Balaban J connectivity index is 4.43. The highest BCUT2D eigenvalue weighted by Gasteiger charge is 2.27. The molecule has 0 saturated carbocycles. The van der Waals surface area contributed by atoms with Crippen LogP contribution in [0.4, 0.5) is 0 Å². The molecule has 0 aromatic heterocycles. The van der Waals surface area contributed by atoms with Gasteiger partial charge in [0.1, 0.15) is 0 Å². The van der Waals surface area contributed by atoms with Crippen molar-refractivity contribution >= 4 is 0 Å². The molecule has 14 heavy (non-hydrogen) atoms. The van der Waals surface area contributed by atoms with E-state index < -0.39 is 0 Å². The summed E-state index contributed by atoms with van der Waals surface area (Å²) in [5, 5.41) is 25.1. The van der Waals surface area contributed by atoms with Crippen molar-refractivity contribution < 1.29 is 4.97 Å². The zero-order chi connectivity index (χ0) is 11.4. The molecule has 0 aliphatic rings. The molecule has 0 aromatic carbocycles. The molecular weight excluding hydrogens is 182 g/mol. The molecule has 5 heteroatoms. The summed E-state index contributed by atoms with van der Waals surface area (Å²) in [5.41, 5.74) is -0.370. The summed E-state index contributed by atoms with van der Waals surface area (Å²) in [7, 11) is 0. The number of hydrazine groups is 1. The Labute approximate surface area is 85.5 Å². The van der Waals surface area contributed by atoms with Crippen LogP contribution in [0.2, 0.25) is 0 Å². The summed E-state index contributed by atoms with van der Waals surface area (Å²) < 4.78 is 0. The molecule has 0 bridgehead atoms. The molecule has 0 atom stereocenters. The third-order valence-corrected chi connectivity index (χ3v) is 1.97. The largest absolute Gasteiger partial charge is 0.737 e. The summed E-state index contributed by atoms with van der Waals surface area (Å²) in [6.45, 7) is 10.3. The average Bonchev–Trinajstić information content (AvgIpc) is 2.01. The molecule has 0 aliphatic carbocycles. The van der Waals surface area contributed by atoms with Crippen LogP contribution in [0.25, 0.3) is 0 Å². The SMILES string of the molecule is CC(C)CCN(/[N+]([O-])=N\[O-])C(C)(C)C. The second kappa shape index (κ2) is 5.02. The Morgan fingerprint density at radius 3 is 2.14 bits per heavy atom. The lowest BCUT2D eigenvalue weighted by Gasteiger charge is -2.31. The number of rotatable bonds is 4.